The van der Waals surface area contributed by atoms with Crippen LogP contribution in [-0.4, -0.2) is 64.4 Å². The number of aryl methyl sites for hydroxylation is 2. The summed E-state index contributed by atoms with van der Waals surface area (Å²) >= 11 is 0. The molecule has 3 aromatic rings. The number of nitrogens with zero attached hydrogens (tertiary/aromatic N) is 4. The fraction of sp³-hybridized carbons (Fsp3) is 0.593. The van der Waals surface area contributed by atoms with E-state index in [1.165, 1.54) is 55.4 Å². The standard InChI is InChI=1S/C27H39N5O/c1-20(2)31-15-9-23(10-16-31)29-25-17-22(27-8-7-21(3)33-27)18-26-24(25)19-28-32(26)14-6-13-30-11-4-5-12-30/h7-8,17-20,23,29H,4-6,9-16H2,1-3H3. The van der Waals surface area contributed by atoms with E-state index in [1.807, 2.05) is 19.2 Å². The molecule has 6 nitrogen and oxygen atoms in total. The van der Waals surface area contributed by atoms with Crippen molar-refractivity contribution in [2.75, 3.05) is 38.0 Å². The van der Waals surface area contributed by atoms with E-state index >= 15 is 0 Å². The van der Waals surface area contributed by atoms with Crippen molar-refractivity contribution in [2.45, 2.75) is 71.5 Å². The number of rotatable bonds is 8. The maximum absolute atomic E-state index is 6.00. The first-order chi connectivity index (χ1) is 16.1. The minimum Gasteiger partial charge on any atom is -0.461 e. The number of hydrogen-bond acceptors (Lipinski definition) is 5. The Bertz CT molecular complexity index is 1050. The Morgan fingerprint density at radius 3 is 2.55 bits per heavy atom. The number of fused-ring (bicyclic) bond motifs is 1. The molecule has 2 aliphatic rings. The minimum absolute atomic E-state index is 0.496. The second-order valence-electron chi connectivity index (χ2n) is 10.2. The first-order valence-electron chi connectivity index (χ1n) is 12.9. The predicted octanol–water partition coefficient (Wildman–Crippen LogP) is 5.38. The van der Waals surface area contributed by atoms with E-state index in [0.29, 0.717) is 12.1 Å². The van der Waals surface area contributed by atoms with Gasteiger partial charge in [-0.25, -0.2) is 0 Å². The fourth-order valence-corrected chi connectivity index (χ4v) is 5.44. The molecule has 5 rings (SSSR count). The van der Waals surface area contributed by atoms with Gasteiger partial charge in [0.05, 0.1) is 11.7 Å². The molecular weight excluding hydrogens is 410 g/mol. The van der Waals surface area contributed by atoms with Crippen LogP contribution in [0.25, 0.3) is 22.2 Å². The first kappa shape index (κ1) is 22.5. The summed E-state index contributed by atoms with van der Waals surface area (Å²) in [6.07, 6.45) is 8.23. The number of likely N-dealkylation sites (tertiary alicyclic amines) is 2. The highest BCUT2D eigenvalue weighted by Gasteiger charge is 2.22. The lowest BCUT2D eigenvalue weighted by Crippen LogP contribution is -2.42. The Labute approximate surface area is 197 Å². The van der Waals surface area contributed by atoms with Crippen molar-refractivity contribution in [3.05, 3.63) is 36.2 Å². The second kappa shape index (κ2) is 9.90. The number of aromatic nitrogens is 2. The Morgan fingerprint density at radius 2 is 1.85 bits per heavy atom. The smallest absolute Gasteiger partial charge is 0.134 e. The molecule has 0 saturated carbocycles. The van der Waals surface area contributed by atoms with E-state index < -0.39 is 0 Å². The van der Waals surface area contributed by atoms with Crippen LogP contribution in [0.1, 0.15) is 51.7 Å². The van der Waals surface area contributed by atoms with Crippen molar-refractivity contribution in [3.8, 4) is 11.3 Å². The van der Waals surface area contributed by atoms with Gasteiger partial charge in [-0.05, 0) is 96.8 Å². The lowest BCUT2D eigenvalue weighted by molar-refractivity contribution is 0.177. The average Bonchev–Trinajstić information content (AvgIpc) is 3.56. The van der Waals surface area contributed by atoms with Crippen molar-refractivity contribution in [3.63, 3.8) is 0 Å². The molecule has 0 bridgehead atoms. The van der Waals surface area contributed by atoms with Crippen LogP contribution in [0.15, 0.2) is 34.9 Å². The van der Waals surface area contributed by atoms with Crippen molar-refractivity contribution >= 4 is 16.6 Å². The number of nitrogens with one attached hydrogen (secondary N) is 1. The van der Waals surface area contributed by atoms with Gasteiger partial charge in [-0.1, -0.05) is 0 Å². The van der Waals surface area contributed by atoms with Gasteiger partial charge in [0.15, 0.2) is 0 Å². The van der Waals surface area contributed by atoms with Gasteiger partial charge < -0.3 is 19.5 Å². The first-order valence-corrected chi connectivity index (χ1v) is 12.9. The average molecular weight is 450 g/mol. The molecule has 0 atom stereocenters. The SMILES string of the molecule is Cc1ccc(-c2cc(NC3CCN(C(C)C)CC3)c3cnn(CCCN4CCCC4)c3c2)o1. The fourth-order valence-electron chi connectivity index (χ4n) is 5.44. The van der Waals surface area contributed by atoms with E-state index in [4.69, 9.17) is 9.52 Å². The van der Waals surface area contributed by atoms with Gasteiger partial charge in [0.25, 0.3) is 0 Å². The molecular formula is C27H39N5O. The molecule has 1 N–H and O–H groups in total. The molecule has 1 aromatic carbocycles. The van der Waals surface area contributed by atoms with Crippen molar-refractivity contribution in [1.29, 1.82) is 0 Å². The summed E-state index contributed by atoms with van der Waals surface area (Å²) in [5.41, 5.74) is 3.51. The highest BCUT2D eigenvalue weighted by molar-refractivity contribution is 5.95. The summed E-state index contributed by atoms with van der Waals surface area (Å²) in [6.45, 7) is 13.5. The molecule has 4 heterocycles. The van der Waals surface area contributed by atoms with Crippen LogP contribution in [0, 0.1) is 6.92 Å². The van der Waals surface area contributed by atoms with Crippen LogP contribution in [0.5, 0.6) is 0 Å². The zero-order valence-electron chi connectivity index (χ0n) is 20.5. The van der Waals surface area contributed by atoms with Crippen LogP contribution in [0.4, 0.5) is 5.69 Å². The van der Waals surface area contributed by atoms with E-state index in [9.17, 15) is 0 Å². The van der Waals surface area contributed by atoms with Crippen molar-refractivity contribution < 1.29 is 4.42 Å². The molecule has 2 fully saturated rings. The van der Waals surface area contributed by atoms with Crippen LogP contribution in [-0.2, 0) is 6.54 Å². The normalized spacial score (nSPS) is 18.7. The number of furan rings is 1. The zero-order valence-corrected chi connectivity index (χ0v) is 20.5. The van der Waals surface area contributed by atoms with Gasteiger partial charge in [0.1, 0.15) is 11.5 Å². The Hall–Kier alpha value is -2.31. The van der Waals surface area contributed by atoms with E-state index in [0.717, 1.165) is 49.7 Å². The molecule has 0 amide bonds. The third kappa shape index (κ3) is 5.12. The van der Waals surface area contributed by atoms with Crippen LogP contribution in [0.3, 0.4) is 0 Å². The second-order valence-corrected chi connectivity index (χ2v) is 10.2. The highest BCUT2D eigenvalue weighted by atomic mass is 16.3. The highest BCUT2D eigenvalue weighted by Crippen LogP contribution is 2.33. The number of piperidine rings is 1. The molecule has 0 spiro atoms. The molecule has 2 aromatic heterocycles. The quantitative estimate of drug-likeness (QED) is 0.501. The molecule has 0 radical (unpaired) electrons. The summed E-state index contributed by atoms with van der Waals surface area (Å²) in [7, 11) is 0. The molecule has 2 saturated heterocycles. The van der Waals surface area contributed by atoms with Gasteiger partial charge >= 0.3 is 0 Å². The van der Waals surface area contributed by atoms with Gasteiger partial charge in [0, 0.05) is 48.4 Å². The number of hydrogen-bond donors (Lipinski definition) is 1. The summed E-state index contributed by atoms with van der Waals surface area (Å²) < 4.78 is 8.19. The van der Waals surface area contributed by atoms with Crippen LogP contribution in [0.2, 0.25) is 0 Å². The predicted molar refractivity (Wildman–Crippen MR) is 136 cm³/mol. The molecule has 0 unspecified atom stereocenters. The summed E-state index contributed by atoms with van der Waals surface area (Å²) in [4.78, 5) is 5.16. The maximum atomic E-state index is 6.00. The molecule has 2 aliphatic heterocycles. The van der Waals surface area contributed by atoms with E-state index in [1.54, 1.807) is 0 Å². The van der Waals surface area contributed by atoms with Crippen LogP contribution >= 0.6 is 0 Å². The van der Waals surface area contributed by atoms with Crippen molar-refractivity contribution in [1.82, 2.24) is 19.6 Å². The molecule has 33 heavy (non-hydrogen) atoms. The van der Waals surface area contributed by atoms with Gasteiger partial charge in [-0.15, -0.1) is 0 Å². The Morgan fingerprint density at radius 1 is 1.06 bits per heavy atom. The third-order valence-electron chi connectivity index (χ3n) is 7.45. The number of anilines is 1. The monoisotopic (exact) mass is 449 g/mol. The molecule has 0 aliphatic carbocycles. The number of benzene rings is 1. The Kier molecular flexibility index (Phi) is 6.74. The zero-order chi connectivity index (χ0) is 22.8. The molecule has 6 heteroatoms. The van der Waals surface area contributed by atoms with E-state index in [2.05, 4.69) is 51.8 Å². The topological polar surface area (TPSA) is 49.5 Å². The van der Waals surface area contributed by atoms with E-state index in [-0.39, 0.29) is 0 Å². The Balaban J connectivity index is 1.38. The summed E-state index contributed by atoms with van der Waals surface area (Å²) in [5, 5.41) is 9.91. The maximum Gasteiger partial charge on any atom is 0.134 e. The van der Waals surface area contributed by atoms with Crippen molar-refractivity contribution in [2.24, 2.45) is 0 Å². The van der Waals surface area contributed by atoms with Gasteiger partial charge in [0.2, 0.25) is 0 Å². The van der Waals surface area contributed by atoms with Crippen LogP contribution < -0.4 is 5.32 Å². The summed E-state index contributed by atoms with van der Waals surface area (Å²) in [5.74, 6) is 1.87. The lowest BCUT2D eigenvalue weighted by atomic mass is 10.0. The lowest BCUT2D eigenvalue weighted by Gasteiger charge is -2.35. The minimum atomic E-state index is 0.496. The third-order valence-corrected chi connectivity index (χ3v) is 7.45. The summed E-state index contributed by atoms with van der Waals surface area (Å²) in [6, 6.07) is 9.75. The van der Waals surface area contributed by atoms with Gasteiger partial charge in [-0.2, -0.15) is 5.10 Å². The largest absolute Gasteiger partial charge is 0.461 e. The molecule has 178 valence electrons. The van der Waals surface area contributed by atoms with Gasteiger partial charge in [-0.3, -0.25) is 4.68 Å².